The van der Waals surface area contributed by atoms with Crippen LogP contribution in [0.1, 0.15) is 23.3 Å². The number of nitrogens with zero attached hydrogens (tertiary/aromatic N) is 3. The number of aromatic nitrogens is 1. The van der Waals surface area contributed by atoms with Gasteiger partial charge in [0.15, 0.2) is 0 Å². The minimum atomic E-state index is -0.578. The minimum absolute atomic E-state index is 0.123. The molecule has 0 bridgehead atoms. The molecule has 2 fully saturated rings. The van der Waals surface area contributed by atoms with E-state index in [1.54, 1.807) is 12.1 Å². The van der Waals surface area contributed by atoms with Crippen molar-refractivity contribution in [1.82, 2.24) is 20.7 Å². The third-order valence-corrected chi connectivity index (χ3v) is 3.89. The van der Waals surface area contributed by atoms with Crippen molar-refractivity contribution in [1.29, 1.82) is 0 Å². The van der Waals surface area contributed by atoms with Gasteiger partial charge in [0.25, 0.3) is 5.91 Å². The summed E-state index contributed by atoms with van der Waals surface area (Å²) in [7, 11) is 0. The largest absolute Gasteiger partial charge is 0.365 e. The molecule has 3 heterocycles. The second-order valence-corrected chi connectivity index (χ2v) is 5.38. The number of amides is 1. The molecule has 7 heteroatoms. The van der Waals surface area contributed by atoms with E-state index in [9.17, 15) is 9.18 Å². The molecule has 2 saturated heterocycles. The van der Waals surface area contributed by atoms with Crippen LogP contribution in [0.25, 0.3) is 0 Å². The number of hydrogen-bond acceptors (Lipinski definition) is 5. The molecule has 0 saturated carbocycles. The third-order valence-electron chi connectivity index (χ3n) is 3.89. The molecule has 1 aromatic heterocycles. The van der Waals surface area contributed by atoms with Crippen molar-refractivity contribution in [2.75, 3.05) is 44.2 Å². The quantitative estimate of drug-likeness (QED) is 0.789. The smallest absolute Gasteiger partial charge is 0.284 e. The number of nitrogens with one attached hydrogen (secondary N) is 2. The van der Waals surface area contributed by atoms with Gasteiger partial charge in [-0.1, -0.05) is 0 Å². The Kier molecular flexibility index (Phi) is 4.31. The topological polar surface area (TPSA) is 60.5 Å². The minimum Gasteiger partial charge on any atom is -0.365 e. The van der Waals surface area contributed by atoms with E-state index in [2.05, 4.69) is 15.7 Å². The highest BCUT2D eigenvalue weighted by molar-refractivity contribution is 5.92. The van der Waals surface area contributed by atoms with E-state index >= 15 is 0 Å². The second-order valence-electron chi connectivity index (χ2n) is 5.38. The van der Waals surface area contributed by atoms with Gasteiger partial charge in [-0.3, -0.25) is 10.2 Å². The Morgan fingerprint density at radius 1 is 1.19 bits per heavy atom. The van der Waals surface area contributed by atoms with Crippen molar-refractivity contribution < 1.29 is 9.18 Å². The van der Waals surface area contributed by atoms with Gasteiger partial charge in [-0.15, -0.1) is 0 Å². The van der Waals surface area contributed by atoms with Crippen molar-refractivity contribution in [3.05, 3.63) is 23.8 Å². The molecule has 3 rings (SSSR count). The Hall–Kier alpha value is -1.73. The lowest BCUT2D eigenvalue weighted by Gasteiger charge is -2.29. The molecule has 0 aliphatic carbocycles. The average Bonchev–Trinajstić information content (AvgIpc) is 3.01. The predicted molar refractivity (Wildman–Crippen MR) is 77.6 cm³/mol. The zero-order valence-corrected chi connectivity index (χ0v) is 11.9. The number of rotatable bonds is 3. The van der Waals surface area contributed by atoms with Crippen LogP contribution >= 0.6 is 0 Å². The average molecular weight is 293 g/mol. The maximum Gasteiger partial charge on any atom is 0.284 e. The summed E-state index contributed by atoms with van der Waals surface area (Å²) in [5, 5.41) is 5.07. The number of carbonyl (C=O) groups excluding carboxylic acids is 1. The van der Waals surface area contributed by atoms with Crippen LogP contribution in [0.5, 0.6) is 0 Å². The highest BCUT2D eigenvalue weighted by Gasteiger charge is 2.19. The fourth-order valence-electron chi connectivity index (χ4n) is 2.72. The fourth-order valence-corrected chi connectivity index (χ4v) is 2.72. The van der Waals surface area contributed by atoms with Gasteiger partial charge in [0.2, 0.25) is 5.95 Å². The molecule has 0 spiro atoms. The summed E-state index contributed by atoms with van der Waals surface area (Å²) in [6.07, 6.45) is 2.15. The van der Waals surface area contributed by atoms with Gasteiger partial charge in [-0.25, -0.2) is 9.99 Å². The van der Waals surface area contributed by atoms with E-state index in [0.29, 0.717) is 5.69 Å². The van der Waals surface area contributed by atoms with Gasteiger partial charge in [-0.2, -0.15) is 4.39 Å². The van der Waals surface area contributed by atoms with Gasteiger partial charge >= 0.3 is 0 Å². The second kappa shape index (κ2) is 6.36. The molecule has 0 unspecified atom stereocenters. The van der Waals surface area contributed by atoms with Gasteiger partial charge in [0, 0.05) is 39.3 Å². The molecule has 114 valence electrons. The van der Waals surface area contributed by atoms with Crippen LogP contribution in [0.15, 0.2) is 12.1 Å². The molecule has 2 N–H and O–H groups in total. The van der Waals surface area contributed by atoms with Crippen molar-refractivity contribution in [2.45, 2.75) is 12.8 Å². The Bertz CT molecular complexity index is 512. The lowest BCUT2D eigenvalue weighted by molar-refractivity contribution is 0.0819. The standard InChI is InChI=1S/C14H20FN5O/c15-13-12(19-9-5-16-6-10-19)4-3-11(17-13)14(21)18-20-7-1-2-8-20/h3-4,16H,1-2,5-10H2,(H,18,21). The molecule has 2 aliphatic heterocycles. The van der Waals surface area contributed by atoms with Gasteiger partial charge in [0.1, 0.15) is 5.69 Å². The zero-order valence-electron chi connectivity index (χ0n) is 11.9. The van der Waals surface area contributed by atoms with E-state index < -0.39 is 5.95 Å². The van der Waals surface area contributed by atoms with Gasteiger partial charge < -0.3 is 10.2 Å². The van der Waals surface area contributed by atoms with Crippen LogP contribution in [-0.4, -0.2) is 55.2 Å². The molecule has 21 heavy (non-hydrogen) atoms. The molecule has 0 atom stereocenters. The maximum absolute atomic E-state index is 14.1. The van der Waals surface area contributed by atoms with Gasteiger partial charge in [-0.05, 0) is 25.0 Å². The molecule has 0 aromatic carbocycles. The number of carbonyl (C=O) groups is 1. The molecule has 2 aliphatic rings. The van der Waals surface area contributed by atoms with Crippen molar-refractivity contribution in [3.63, 3.8) is 0 Å². The van der Waals surface area contributed by atoms with Crippen molar-refractivity contribution in [2.24, 2.45) is 0 Å². The summed E-state index contributed by atoms with van der Waals surface area (Å²) in [6, 6.07) is 3.23. The third kappa shape index (κ3) is 3.30. The maximum atomic E-state index is 14.1. The Morgan fingerprint density at radius 2 is 1.90 bits per heavy atom. The summed E-state index contributed by atoms with van der Waals surface area (Å²) in [4.78, 5) is 17.8. The Balaban J connectivity index is 1.69. The van der Waals surface area contributed by atoms with Crippen LogP contribution in [0.3, 0.4) is 0 Å². The summed E-state index contributed by atoms with van der Waals surface area (Å²) in [6.45, 7) is 4.84. The first-order valence-electron chi connectivity index (χ1n) is 7.42. The fraction of sp³-hybridized carbons (Fsp3) is 0.571. The summed E-state index contributed by atoms with van der Waals surface area (Å²) < 4.78 is 14.1. The highest BCUT2D eigenvalue weighted by Crippen LogP contribution is 2.18. The molecular weight excluding hydrogens is 273 g/mol. The molecular formula is C14H20FN5O. The summed E-state index contributed by atoms with van der Waals surface area (Å²) in [5.74, 6) is -0.923. The van der Waals surface area contributed by atoms with Crippen LogP contribution in [0, 0.1) is 5.95 Å². The Labute approximate surface area is 123 Å². The van der Waals surface area contributed by atoms with E-state index in [4.69, 9.17) is 0 Å². The summed E-state index contributed by atoms with van der Waals surface area (Å²) >= 11 is 0. The number of hydrogen-bond donors (Lipinski definition) is 2. The Morgan fingerprint density at radius 3 is 2.57 bits per heavy atom. The van der Waals surface area contributed by atoms with Crippen molar-refractivity contribution in [3.8, 4) is 0 Å². The number of piperazine rings is 1. The monoisotopic (exact) mass is 293 g/mol. The lowest BCUT2D eigenvalue weighted by Crippen LogP contribution is -2.44. The zero-order chi connectivity index (χ0) is 14.7. The van der Waals surface area contributed by atoms with E-state index in [-0.39, 0.29) is 11.6 Å². The number of anilines is 1. The van der Waals surface area contributed by atoms with Crippen LogP contribution in [0.2, 0.25) is 0 Å². The van der Waals surface area contributed by atoms with E-state index in [0.717, 1.165) is 52.1 Å². The lowest BCUT2D eigenvalue weighted by atomic mass is 10.2. The number of pyridine rings is 1. The van der Waals surface area contributed by atoms with E-state index in [1.807, 2.05) is 9.91 Å². The van der Waals surface area contributed by atoms with Crippen LogP contribution < -0.4 is 15.6 Å². The SMILES string of the molecule is O=C(NN1CCCC1)c1ccc(N2CCNCC2)c(F)n1. The van der Waals surface area contributed by atoms with E-state index in [1.165, 1.54) is 0 Å². The van der Waals surface area contributed by atoms with Crippen molar-refractivity contribution >= 4 is 11.6 Å². The molecule has 0 radical (unpaired) electrons. The normalized spacial score (nSPS) is 19.8. The summed E-state index contributed by atoms with van der Waals surface area (Å²) in [5.41, 5.74) is 3.35. The molecule has 6 nitrogen and oxygen atoms in total. The number of hydrazine groups is 1. The first-order valence-corrected chi connectivity index (χ1v) is 7.42. The van der Waals surface area contributed by atoms with Gasteiger partial charge in [0.05, 0.1) is 5.69 Å². The highest BCUT2D eigenvalue weighted by atomic mass is 19.1. The number of halogens is 1. The molecule has 1 aromatic rings. The van der Waals surface area contributed by atoms with Crippen LogP contribution in [0.4, 0.5) is 10.1 Å². The first-order chi connectivity index (χ1) is 10.2. The molecule has 1 amide bonds. The predicted octanol–water partition coefficient (Wildman–Crippen LogP) is 0.371. The first kappa shape index (κ1) is 14.2. The van der Waals surface area contributed by atoms with Crippen LogP contribution in [-0.2, 0) is 0 Å².